The van der Waals surface area contributed by atoms with Crippen molar-refractivity contribution >= 4 is 11.6 Å². The summed E-state index contributed by atoms with van der Waals surface area (Å²) in [4.78, 5) is 27.2. The van der Waals surface area contributed by atoms with Crippen LogP contribution in [0.1, 0.15) is 99.3 Å². The molecule has 62 heavy (non-hydrogen) atoms. The number of allylic oxidation sites excluding steroid dienone is 1. The van der Waals surface area contributed by atoms with E-state index in [1.165, 1.54) is 19.4 Å². The van der Waals surface area contributed by atoms with Crippen LogP contribution in [0, 0.1) is 46.3 Å². The van der Waals surface area contributed by atoms with Crippen LogP contribution in [0.2, 0.25) is 0 Å². The topological polar surface area (TPSA) is 272 Å². The van der Waals surface area contributed by atoms with Crippen molar-refractivity contribution in [3.63, 3.8) is 0 Å². The molecule has 0 radical (unpaired) electrons. The molecule has 6 fully saturated rings. The van der Waals surface area contributed by atoms with Crippen LogP contribution in [0.25, 0.3) is 0 Å². The summed E-state index contributed by atoms with van der Waals surface area (Å²) in [5.41, 5.74) is 0.773. The first-order valence-electron chi connectivity index (χ1n) is 22.9. The number of hydrogen-bond acceptors (Lipinski definition) is 17. The quantitative estimate of drug-likeness (QED) is 0.112. The van der Waals surface area contributed by atoms with Crippen molar-refractivity contribution in [2.75, 3.05) is 13.2 Å². The molecule has 17 heteroatoms. The Kier molecular flexibility index (Phi) is 14.8. The third-order valence-corrected chi connectivity index (χ3v) is 16.5. The lowest BCUT2D eigenvalue weighted by Crippen LogP contribution is -2.66. The van der Waals surface area contributed by atoms with Crippen LogP contribution < -0.4 is 0 Å². The maximum atomic E-state index is 13.8. The summed E-state index contributed by atoms with van der Waals surface area (Å²) < 4.78 is 36.4. The van der Waals surface area contributed by atoms with Gasteiger partial charge in [0.15, 0.2) is 18.9 Å². The van der Waals surface area contributed by atoms with Gasteiger partial charge in [0.05, 0.1) is 24.9 Å². The van der Waals surface area contributed by atoms with E-state index < -0.39 is 105 Å². The zero-order valence-electron chi connectivity index (χ0n) is 36.8. The molecular formula is C45H72O17. The van der Waals surface area contributed by atoms with Gasteiger partial charge >= 0.3 is 0 Å². The summed E-state index contributed by atoms with van der Waals surface area (Å²) in [6.45, 7) is 10.7. The van der Waals surface area contributed by atoms with E-state index in [9.17, 15) is 55.5 Å². The number of carbonyl (C=O) groups excluding carboxylic acids is 2. The van der Waals surface area contributed by atoms with Crippen LogP contribution in [0.5, 0.6) is 0 Å². The third kappa shape index (κ3) is 8.76. The van der Waals surface area contributed by atoms with Gasteiger partial charge in [0.2, 0.25) is 0 Å². The van der Waals surface area contributed by atoms with Crippen molar-refractivity contribution < 1.29 is 84.0 Å². The second-order valence-electron chi connectivity index (χ2n) is 20.3. The molecule has 0 amide bonds. The van der Waals surface area contributed by atoms with Gasteiger partial charge < -0.3 is 74.4 Å². The van der Waals surface area contributed by atoms with E-state index in [2.05, 4.69) is 19.9 Å². The molecule has 3 aliphatic heterocycles. The molecule has 3 saturated carbocycles. The minimum atomic E-state index is -1.74. The number of ether oxygens (including phenoxy) is 6. The molecule has 0 spiro atoms. The van der Waals surface area contributed by atoms with Crippen molar-refractivity contribution in [1.29, 1.82) is 0 Å². The Labute approximate surface area is 363 Å². The highest BCUT2D eigenvalue weighted by Gasteiger charge is 2.63. The predicted molar refractivity (Wildman–Crippen MR) is 216 cm³/mol. The molecular weight excluding hydrogens is 812 g/mol. The normalized spacial score (nSPS) is 50.5. The first-order valence-corrected chi connectivity index (χ1v) is 22.9. The van der Waals surface area contributed by atoms with Gasteiger partial charge in [-0.25, -0.2) is 0 Å². The molecule has 0 aromatic rings. The van der Waals surface area contributed by atoms with Gasteiger partial charge in [0, 0.05) is 31.3 Å². The lowest BCUT2D eigenvalue weighted by atomic mass is 9.47. The summed E-state index contributed by atoms with van der Waals surface area (Å²) in [5.74, 6) is 0.380. The first kappa shape index (κ1) is 48.4. The molecule has 24 atom stereocenters. The highest BCUT2D eigenvalue weighted by atomic mass is 16.8. The summed E-state index contributed by atoms with van der Waals surface area (Å²) in [6.07, 6.45) is -14.3. The molecule has 7 rings (SSSR count). The van der Waals surface area contributed by atoms with Crippen molar-refractivity contribution in [3.05, 3.63) is 11.6 Å². The number of hydrogen-bond donors (Lipinski definition) is 9. The molecule has 354 valence electrons. The third-order valence-electron chi connectivity index (χ3n) is 16.5. The SMILES string of the molecule is C[C@H](CO)CCC(=O)[C@@H](C)[C@@H]1C(=O)C[C@H]2[C@@H]3CC=C4CC(O[C@@H]5O[C@H](CO)[C@@H](O[C@H]6O[C@@H](C)[C@H](O)[C@@H](O)[C@H]6O)[C@H](O)[C@H]5O[C@H]5O[C@@H](C)[C@H](O)[C@@H](O)[C@H]5O)CC[C@]4(C)[C@H]3CC[C@@]21C. The zero-order valence-corrected chi connectivity index (χ0v) is 36.8. The second kappa shape index (κ2) is 19.0. The lowest BCUT2D eigenvalue weighted by molar-refractivity contribution is -0.388. The maximum absolute atomic E-state index is 13.8. The van der Waals surface area contributed by atoms with Gasteiger partial charge in [-0.2, -0.15) is 0 Å². The Morgan fingerprint density at radius 2 is 1.37 bits per heavy atom. The van der Waals surface area contributed by atoms with Crippen LogP contribution in [-0.4, -0.2) is 169 Å². The average molecular weight is 885 g/mol. The van der Waals surface area contributed by atoms with Crippen LogP contribution in [0.15, 0.2) is 11.6 Å². The fourth-order valence-corrected chi connectivity index (χ4v) is 12.5. The number of ketones is 2. The molecule has 4 aliphatic carbocycles. The first-order chi connectivity index (χ1) is 29.2. The lowest BCUT2D eigenvalue weighted by Gasteiger charge is -2.58. The number of aliphatic hydroxyl groups excluding tert-OH is 9. The fourth-order valence-electron chi connectivity index (χ4n) is 12.5. The number of carbonyl (C=O) groups is 2. The highest BCUT2D eigenvalue weighted by molar-refractivity contribution is 5.92. The van der Waals surface area contributed by atoms with E-state index in [4.69, 9.17) is 28.4 Å². The molecule has 0 aromatic carbocycles. The van der Waals surface area contributed by atoms with Crippen LogP contribution in [0.3, 0.4) is 0 Å². The Morgan fingerprint density at radius 3 is 1.97 bits per heavy atom. The minimum absolute atomic E-state index is 0.0298. The van der Waals surface area contributed by atoms with E-state index in [1.807, 2.05) is 13.8 Å². The van der Waals surface area contributed by atoms with Crippen LogP contribution >= 0.6 is 0 Å². The van der Waals surface area contributed by atoms with Crippen LogP contribution in [-0.2, 0) is 38.0 Å². The Hall–Kier alpha value is -1.52. The summed E-state index contributed by atoms with van der Waals surface area (Å²) in [6, 6.07) is 0. The molecule has 7 aliphatic rings. The van der Waals surface area contributed by atoms with E-state index in [-0.39, 0.29) is 58.6 Å². The van der Waals surface area contributed by atoms with Gasteiger partial charge in [0.25, 0.3) is 0 Å². The number of fused-ring (bicyclic) bond motifs is 5. The van der Waals surface area contributed by atoms with Gasteiger partial charge in [0.1, 0.15) is 72.6 Å². The average Bonchev–Trinajstić information content (AvgIpc) is 3.52. The zero-order chi connectivity index (χ0) is 45.2. The molecule has 3 heterocycles. The number of rotatable bonds is 13. The minimum Gasteiger partial charge on any atom is -0.396 e. The summed E-state index contributed by atoms with van der Waals surface area (Å²) in [5, 5.41) is 95.2. The Balaban J connectivity index is 1.08. The molecule has 17 nitrogen and oxygen atoms in total. The van der Waals surface area contributed by atoms with Crippen molar-refractivity contribution in [1.82, 2.24) is 0 Å². The molecule has 1 unspecified atom stereocenters. The summed E-state index contributed by atoms with van der Waals surface area (Å²) >= 11 is 0. The number of aliphatic hydroxyl groups is 9. The smallest absolute Gasteiger partial charge is 0.187 e. The standard InChI is InChI=1S/C45H72O17/c1-19(17-46)7-10-28(48)20(2)31-29(49)16-27-25-9-8-23-15-24(11-13-44(23,5)26(25)12-14-45(27,31)6)59-43-40(62-42-37(55)35(53)33(51)22(4)58-42)38(56)39(30(18-47)60-43)61-41-36(54)34(52)32(50)21(3)57-41/h8,19-22,24-27,30-43,46-47,50-56H,7,9-18H2,1-6H3/t19-,20+,21-,22-,24?,25+,26-,27-,30+,31+,32-,33-,34+,35+,36+,37+,38-,39+,40+,41+,42+,43+,44-,45-/m0/s1. The maximum Gasteiger partial charge on any atom is 0.187 e. The molecule has 0 aromatic heterocycles. The molecule has 9 N–H and O–H groups in total. The van der Waals surface area contributed by atoms with E-state index in [1.54, 1.807) is 0 Å². The van der Waals surface area contributed by atoms with Gasteiger partial charge in [-0.05, 0) is 93.3 Å². The van der Waals surface area contributed by atoms with E-state index >= 15 is 0 Å². The monoisotopic (exact) mass is 884 g/mol. The molecule has 0 bridgehead atoms. The van der Waals surface area contributed by atoms with E-state index in [0.717, 1.165) is 25.7 Å². The molecule has 3 saturated heterocycles. The van der Waals surface area contributed by atoms with Gasteiger partial charge in [-0.15, -0.1) is 0 Å². The number of Topliss-reactive ketones (excluding diaryl/α,β-unsaturated/α-hetero) is 2. The van der Waals surface area contributed by atoms with Gasteiger partial charge in [-0.3, -0.25) is 9.59 Å². The van der Waals surface area contributed by atoms with Crippen molar-refractivity contribution in [3.8, 4) is 0 Å². The highest BCUT2D eigenvalue weighted by Crippen LogP contribution is 2.66. The largest absolute Gasteiger partial charge is 0.396 e. The van der Waals surface area contributed by atoms with Crippen molar-refractivity contribution in [2.24, 2.45) is 46.3 Å². The van der Waals surface area contributed by atoms with Crippen molar-refractivity contribution in [2.45, 2.75) is 198 Å². The predicted octanol–water partition coefficient (Wildman–Crippen LogP) is 0.247. The second-order valence-corrected chi connectivity index (χ2v) is 20.3. The fraction of sp³-hybridized carbons (Fsp3) is 0.911. The Bertz CT molecular complexity index is 1610. The van der Waals surface area contributed by atoms with Crippen LogP contribution in [0.4, 0.5) is 0 Å². The summed E-state index contributed by atoms with van der Waals surface area (Å²) in [7, 11) is 0. The Morgan fingerprint density at radius 1 is 0.758 bits per heavy atom. The van der Waals surface area contributed by atoms with Gasteiger partial charge in [-0.1, -0.05) is 39.3 Å². The van der Waals surface area contributed by atoms with E-state index in [0.29, 0.717) is 38.0 Å².